The molecule has 0 aliphatic heterocycles. The van der Waals surface area contributed by atoms with Gasteiger partial charge in [0.2, 0.25) is 5.95 Å². The lowest BCUT2D eigenvalue weighted by Crippen LogP contribution is -2.14. The predicted molar refractivity (Wildman–Crippen MR) is 71.4 cm³/mol. The minimum atomic E-state index is -0.222. The zero-order chi connectivity index (χ0) is 13.8. The number of aromatic nitrogens is 3. The Kier molecular flexibility index (Phi) is 3.79. The molecule has 0 bridgehead atoms. The van der Waals surface area contributed by atoms with Gasteiger partial charge < -0.3 is 4.74 Å². The van der Waals surface area contributed by atoms with Crippen molar-refractivity contribution in [3.8, 4) is 6.01 Å². The number of H-pyrrole nitrogens is 1. The lowest BCUT2D eigenvalue weighted by Gasteiger charge is -2.06. The van der Waals surface area contributed by atoms with E-state index in [4.69, 9.17) is 4.74 Å². The molecular formula is C13H16N4O2. The van der Waals surface area contributed by atoms with E-state index in [0.29, 0.717) is 12.2 Å². The van der Waals surface area contributed by atoms with Crippen LogP contribution in [0.15, 0.2) is 18.2 Å². The summed E-state index contributed by atoms with van der Waals surface area (Å²) >= 11 is 0. The molecule has 0 saturated carbocycles. The van der Waals surface area contributed by atoms with Crippen LogP contribution < -0.4 is 10.1 Å². The van der Waals surface area contributed by atoms with Crippen LogP contribution in [-0.2, 0) is 0 Å². The maximum Gasteiger partial charge on any atom is 0.337 e. The summed E-state index contributed by atoms with van der Waals surface area (Å²) in [6.07, 6.45) is 0. The molecule has 19 heavy (non-hydrogen) atoms. The van der Waals surface area contributed by atoms with Crippen molar-refractivity contribution in [2.24, 2.45) is 0 Å². The molecule has 0 radical (unpaired) electrons. The largest absolute Gasteiger partial charge is 0.463 e. The lowest BCUT2D eigenvalue weighted by molar-refractivity contribution is 0.102. The van der Waals surface area contributed by atoms with E-state index in [1.54, 1.807) is 0 Å². The van der Waals surface area contributed by atoms with Gasteiger partial charge >= 0.3 is 6.01 Å². The van der Waals surface area contributed by atoms with Gasteiger partial charge in [-0.1, -0.05) is 17.7 Å². The fourth-order valence-corrected chi connectivity index (χ4v) is 1.65. The molecule has 0 aliphatic carbocycles. The summed E-state index contributed by atoms with van der Waals surface area (Å²) in [5.74, 6) is 0.0507. The molecule has 0 atom stereocenters. The van der Waals surface area contributed by atoms with E-state index in [0.717, 1.165) is 11.1 Å². The highest BCUT2D eigenvalue weighted by Gasteiger charge is 2.12. The van der Waals surface area contributed by atoms with Crippen molar-refractivity contribution in [3.05, 3.63) is 34.9 Å². The van der Waals surface area contributed by atoms with Crippen LogP contribution in [0, 0.1) is 13.8 Å². The minimum Gasteiger partial charge on any atom is -0.463 e. The number of hydrogen-bond donors (Lipinski definition) is 2. The summed E-state index contributed by atoms with van der Waals surface area (Å²) in [4.78, 5) is 16.1. The highest BCUT2D eigenvalue weighted by Crippen LogP contribution is 2.13. The van der Waals surface area contributed by atoms with Crippen molar-refractivity contribution >= 4 is 11.9 Å². The molecule has 6 nitrogen and oxygen atoms in total. The molecule has 2 N–H and O–H groups in total. The Labute approximate surface area is 111 Å². The number of carbonyl (C=O) groups is 1. The molecule has 1 aromatic carbocycles. The molecule has 0 spiro atoms. The third kappa shape index (κ3) is 3.09. The monoisotopic (exact) mass is 260 g/mol. The van der Waals surface area contributed by atoms with E-state index in [1.807, 2.05) is 39.0 Å². The average molecular weight is 260 g/mol. The van der Waals surface area contributed by atoms with Crippen molar-refractivity contribution in [2.45, 2.75) is 20.8 Å². The van der Waals surface area contributed by atoms with E-state index in [-0.39, 0.29) is 17.9 Å². The van der Waals surface area contributed by atoms with Gasteiger partial charge in [-0.25, -0.2) is 5.10 Å². The second-order valence-corrected chi connectivity index (χ2v) is 4.17. The summed E-state index contributed by atoms with van der Waals surface area (Å²) in [6, 6.07) is 5.94. The van der Waals surface area contributed by atoms with Crippen LogP contribution in [0.2, 0.25) is 0 Å². The molecular weight excluding hydrogens is 244 g/mol. The molecule has 1 aromatic heterocycles. The smallest absolute Gasteiger partial charge is 0.337 e. The molecule has 0 aliphatic rings. The number of nitrogens with zero attached hydrogens (tertiary/aromatic N) is 2. The summed E-state index contributed by atoms with van der Waals surface area (Å²) in [5.41, 5.74) is 2.56. The van der Waals surface area contributed by atoms with Crippen LogP contribution in [0.1, 0.15) is 28.4 Å². The number of anilines is 1. The molecule has 100 valence electrons. The Morgan fingerprint density at radius 1 is 1.42 bits per heavy atom. The summed E-state index contributed by atoms with van der Waals surface area (Å²) in [6.45, 7) is 6.14. The number of benzene rings is 1. The standard InChI is InChI=1S/C13H16N4O2/c1-4-19-13-15-12(16-17-13)14-11(18)10-7-8(2)5-6-9(10)3/h5-7H,4H2,1-3H3,(H2,14,15,16,17,18). The van der Waals surface area contributed by atoms with Gasteiger partial charge in [-0.05, 0) is 32.4 Å². The SMILES string of the molecule is CCOc1n[nH]c(NC(=O)c2cc(C)ccc2C)n1. The summed E-state index contributed by atoms with van der Waals surface area (Å²) in [7, 11) is 0. The number of rotatable bonds is 4. The van der Waals surface area contributed by atoms with E-state index in [9.17, 15) is 4.79 Å². The summed E-state index contributed by atoms with van der Waals surface area (Å²) in [5, 5.41) is 9.08. The topological polar surface area (TPSA) is 79.9 Å². The van der Waals surface area contributed by atoms with Crippen molar-refractivity contribution in [1.29, 1.82) is 0 Å². The highest BCUT2D eigenvalue weighted by atomic mass is 16.5. The second-order valence-electron chi connectivity index (χ2n) is 4.17. The first-order chi connectivity index (χ1) is 9.10. The summed E-state index contributed by atoms with van der Waals surface area (Å²) < 4.78 is 5.11. The molecule has 6 heteroatoms. The maximum atomic E-state index is 12.1. The average Bonchev–Trinajstić information content (AvgIpc) is 2.80. The molecule has 1 heterocycles. The molecule has 2 rings (SSSR count). The first-order valence-electron chi connectivity index (χ1n) is 6.04. The van der Waals surface area contributed by atoms with Gasteiger partial charge in [0.25, 0.3) is 5.91 Å². The van der Waals surface area contributed by atoms with Crippen LogP contribution in [0.4, 0.5) is 5.95 Å². The number of aromatic amines is 1. The van der Waals surface area contributed by atoms with Gasteiger partial charge in [-0.2, -0.15) is 4.98 Å². The van der Waals surface area contributed by atoms with Gasteiger partial charge in [0.05, 0.1) is 6.61 Å². The van der Waals surface area contributed by atoms with Gasteiger partial charge in [0.1, 0.15) is 0 Å². The number of nitrogens with one attached hydrogen (secondary N) is 2. The van der Waals surface area contributed by atoms with Crippen molar-refractivity contribution in [2.75, 3.05) is 11.9 Å². The third-order valence-electron chi connectivity index (χ3n) is 2.61. The second kappa shape index (κ2) is 5.51. The zero-order valence-corrected chi connectivity index (χ0v) is 11.2. The maximum absolute atomic E-state index is 12.1. The van der Waals surface area contributed by atoms with Crippen LogP contribution >= 0.6 is 0 Å². The van der Waals surface area contributed by atoms with E-state index in [2.05, 4.69) is 20.5 Å². The van der Waals surface area contributed by atoms with E-state index < -0.39 is 0 Å². The highest BCUT2D eigenvalue weighted by molar-refractivity contribution is 6.04. The number of carbonyl (C=O) groups excluding carboxylic acids is 1. The molecule has 0 fully saturated rings. The Hall–Kier alpha value is -2.37. The van der Waals surface area contributed by atoms with Crippen LogP contribution in [0.25, 0.3) is 0 Å². The lowest BCUT2D eigenvalue weighted by atomic mass is 10.1. The Morgan fingerprint density at radius 3 is 2.95 bits per heavy atom. The first-order valence-corrected chi connectivity index (χ1v) is 6.04. The fraction of sp³-hybridized carbons (Fsp3) is 0.308. The minimum absolute atomic E-state index is 0.221. The molecule has 2 aromatic rings. The predicted octanol–water partition coefficient (Wildman–Crippen LogP) is 2.07. The Morgan fingerprint density at radius 2 is 2.21 bits per heavy atom. The number of aryl methyl sites for hydroxylation is 2. The van der Waals surface area contributed by atoms with Crippen molar-refractivity contribution in [3.63, 3.8) is 0 Å². The quantitative estimate of drug-likeness (QED) is 0.882. The van der Waals surface area contributed by atoms with Gasteiger partial charge in [-0.3, -0.25) is 10.1 Å². The normalized spacial score (nSPS) is 10.3. The fourth-order valence-electron chi connectivity index (χ4n) is 1.65. The van der Waals surface area contributed by atoms with Crippen LogP contribution in [0.3, 0.4) is 0 Å². The van der Waals surface area contributed by atoms with E-state index >= 15 is 0 Å². The van der Waals surface area contributed by atoms with Crippen molar-refractivity contribution in [1.82, 2.24) is 15.2 Å². The molecule has 0 saturated heterocycles. The van der Waals surface area contributed by atoms with E-state index in [1.165, 1.54) is 0 Å². The first kappa shape index (κ1) is 13.1. The Bertz CT molecular complexity index is 592. The Balaban J connectivity index is 2.13. The van der Waals surface area contributed by atoms with Crippen LogP contribution in [0.5, 0.6) is 6.01 Å². The third-order valence-corrected chi connectivity index (χ3v) is 2.61. The number of ether oxygens (including phenoxy) is 1. The number of amides is 1. The zero-order valence-electron chi connectivity index (χ0n) is 11.2. The molecule has 1 amide bonds. The number of hydrogen-bond acceptors (Lipinski definition) is 4. The van der Waals surface area contributed by atoms with Gasteiger partial charge in [-0.15, -0.1) is 5.10 Å². The van der Waals surface area contributed by atoms with Crippen molar-refractivity contribution < 1.29 is 9.53 Å². The van der Waals surface area contributed by atoms with Crippen LogP contribution in [-0.4, -0.2) is 27.7 Å². The molecule has 0 unspecified atom stereocenters. The van der Waals surface area contributed by atoms with Gasteiger partial charge in [0.15, 0.2) is 0 Å². The van der Waals surface area contributed by atoms with Gasteiger partial charge in [0, 0.05) is 5.56 Å².